The van der Waals surface area contributed by atoms with Crippen molar-refractivity contribution in [1.82, 2.24) is 10.5 Å². The summed E-state index contributed by atoms with van der Waals surface area (Å²) >= 11 is 5.88. The van der Waals surface area contributed by atoms with Gasteiger partial charge in [-0.25, -0.2) is 0 Å². The Labute approximate surface area is 109 Å². The fourth-order valence-electron chi connectivity index (χ4n) is 1.52. The van der Waals surface area contributed by atoms with Crippen LogP contribution >= 0.6 is 11.6 Å². The Balaban J connectivity index is 2.10. The largest absolute Gasteiger partial charge is 0.387 e. The van der Waals surface area contributed by atoms with Gasteiger partial charge in [-0.15, -0.1) is 0 Å². The third-order valence-corrected chi connectivity index (χ3v) is 2.65. The van der Waals surface area contributed by atoms with Gasteiger partial charge in [0, 0.05) is 23.8 Å². The van der Waals surface area contributed by atoms with E-state index in [1.165, 1.54) is 6.20 Å². The lowest BCUT2D eigenvalue weighted by atomic mass is 10.1. The van der Waals surface area contributed by atoms with Crippen molar-refractivity contribution in [3.8, 4) is 0 Å². The van der Waals surface area contributed by atoms with Gasteiger partial charge in [0.05, 0.1) is 18.3 Å². The van der Waals surface area contributed by atoms with Gasteiger partial charge in [0.1, 0.15) is 0 Å². The SMILES string of the molecule is CNc1ccc(Cl)cc1C(=O)NCc1ccno1. The number of anilines is 1. The van der Waals surface area contributed by atoms with E-state index in [2.05, 4.69) is 15.8 Å². The monoisotopic (exact) mass is 265 g/mol. The van der Waals surface area contributed by atoms with E-state index >= 15 is 0 Å². The van der Waals surface area contributed by atoms with E-state index in [4.69, 9.17) is 16.1 Å². The van der Waals surface area contributed by atoms with Crippen LogP contribution in [0.25, 0.3) is 0 Å². The molecule has 2 rings (SSSR count). The van der Waals surface area contributed by atoms with Crippen LogP contribution < -0.4 is 10.6 Å². The smallest absolute Gasteiger partial charge is 0.253 e. The van der Waals surface area contributed by atoms with Crippen molar-refractivity contribution in [3.05, 3.63) is 46.8 Å². The zero-order valence-electron chi connectivity index (χ0n) is 9.74. The first kappa shape index (κ1) is 12.4. The number of carbonyl (C=O) groups is 1. The molecule has 0 atom stereocenters. The normalized spacial score (nSPS) is 10.1. The highest BCUT2D eigenvalue weighted by molar-refractivity contribution is 6.31. The number of aromatic nitrogens is 1. The lowest BCUT2D eigenvalue weighted by molar-refractivity contribution is 0.0948. The molecular weight excluding hydrogens is 254 g/mol. The van der Waals surface area contributed by atoms with Gasteiger partial charge in [-0.2, -0.15) is 0 Å². The molecule has 0 fully saturated rings. The predicted molar refractivity (Wildman–Crippen MR) is 68.7 cm³/mol. The lowest BCUT2D eigenvalue weighted by Gasteiger charge is -2.09. The van der Waals surface area contributed by atoms with Crippen molar-refractivity contribution in [1.29, 1.82) is 0 Å². The maximum absolute atomic E-state index is 12.0. The van der Waals surface area contributed by atoms with E-state index in [1.54, 1.807) is 31.3 Å². The highest BCUT2D eigenvalue weighted by Crippen LogP contribution is 2.20. The van der Waals surface area contributed by atoms with Crippen LogP contribution in [0.15, 0.2) is 35.0 Å². The van der Waals surface area contributed by atoms with Crippen molar-refractivity contribution in [3.63, 3.8) is 0 Å². The molecule has 0 saturated carbocycles. The van der Waals surface area contributed by atoms with Gasteiger partial charge in [0.15, 0.2) is 5.76 Å². The van der Waals surface area contributed by atoms with Gasteiger partial charge >= 0.3 is 0 Å². The van der Waals surface area contributed by atoms with Crippen molar-refractivity contribution >= 4 is 23.2 Å². The molecule has 1 aromatic heterocycles. The number of hydrogen-bond donors (Lipinski definition) is 2. The first-order valence-corrected chi connectivity index (χ1v) is 5.73. The fraction of sp³-hybridized carbons (Fsp3) is 0.167. The first-order chi connectivity index (χ1) is 8.70. The minimum atomic E-state index is -0.224. The number of amides is 1. The summed E-state index contributed by atoms with van der Waals surface area (Å²) in [4.78, 5) is 12.0. The van der Waals surface area contributed by atoms with Gasteiger partial charge in [-0.3, -0.25) is 4.79 Å². The Morgan fingerprint density at radius 2 is 2.28 bits per heavy atom. The summed E-state index contributed by atoms with van der Waals surface area (Å²) in [5.41, 5.74) is 1.21. The molecule has 2 N–H and O–H groups in total. The number of halogens is 1. The molecule has 0 aliphatic heterocycles. The predicted octanol–water partition coefficient (Wildman–Crippen LogP) is 2.30. The van der Waals surface area contributed by atoms with Gasteiger partial charge in [-0.1, -0.05) is 16.8 Å². The molecule has 0 spiro atoms. The van der Waals surface area contributed by atoms with Gasteiger partial charge in [0.25, 0.3) is 5.91 Å². The highest BCUT2D eigenvalue weighted by atomic mass is 35.5. The summed E-state index contributed by atoms with van der Waals surface area (Å²) in [5, 5.41) is 9.75. The number of carbonyl (C=O) groups excluding carboxylic acids is 1. The highest BCUT2D eigenvalue weighted by Gasteiger charge is 2.11. The molecule has 0 saturated heterocycles. The molecule has 1 heterocycles. The molecule has 0 aliphatic rings. The van der Waals surface area contributed by atoms with E-state index in [1.807, 2.05) is 0 Å². The Kier molecular flexibility index (Phi) is 3.84. The molecular formula is C12H12ClN3O2. The van der Waals surface area contributed by atoms with E-state index < -0.39 is 0 Å². The second-order valence-electron chi connectivity index (χ2n) is 3.60. The summed E-state index contributed by atoms with van der Waals surface area (Å²) in [6.07, 6.45) is 1.53. The number of nitrogens with zero attached hydrogens (tertiary/aromatic N) is 1. The summed E-state index contributed by atoms with van der Waals surface area (Å²) in [5.74, 6) is 0.370. The Hall–Kier alpha value is -2.01. The summed E-state index contributed by atoms with van der Waals surface area (Å²) < 4.78 is 4.89. The molecule has 18 heavy (non-hydrogen) atoms. The number of rotatable bonds is 4. The molecule has 5 nitrogen and oxygen atoms in total. The fourth-order valence-corrected chi connectivity index (χ4v) is 1.69. The molecule has 0 radical (unpaired) electrons. The van der Waals surface area contributed by atoms with Crippen LogP contribution in [0.5, 0.6) is 0 Å². The molecule has 94 valence electrons. The van der Waals surface area contributed by atoms with Crippen LogP contribution in [0.4, 0.5) is 5.69 Å². The zero-order chi connectivity index (χ0) is 13.0. The topological polar surface area (TPSA) is 67.2 Å². The second kappa shape index (κ2) is 5.55. The standard InChI is InChI=1S/C12H12ClN3O2/c1-14-11-3-2-8(13)6-10(11)12(17)15-7-9-4-5-16-18-9/h2-6,14H,7H2,1H3,(H,15,17). The van der Waals surface area contributed by atoms with Crippen LogP contribution in [0.2, 0.25) is 5.02 Å². The Bertz CT molecular complexity index is 540. The minimum Gasteiger partial charge on any atom is -0.387 e. The molecule has 6 heteroatoms. The second-order valence-corrected chi connectivity index (χ2v) is 4.04. The van der Waals surface area contributed by atoms with Crippen molar-refractivity contribution < 1.29 is 9.32 Å². The molecule has 0 aliphatic carbocycles. The van der Waals surface area contributed by atoms with Crippen molar-refractivity contribution in [2.75, 3.05) is 12.4 Å². The molecule has 0 unspecified atom stereocenters. The molecule has 2 aromatic rings. The third kappa shape index (κ3) is 2.81. The summed E-state index contributed by atoms with van der Waals surface area (Å²) in [6, 6.07) is 6.78. The van der Waals surface area contributed by atoms with Gasteiger partial charge in [0.2, 0.25) is 0 Å². The molecule has 1 amide bonds. The molecule has 0 bridgehead atoms. The van der Waals surface area contributed by atoms with Crippen LogP contribution in [0, 0.1) is 0 Å². The summed E-state index contributed by atoms with van der Waals surface area (Å²) in [6.45, 7) is 0.286. The van der Waals surface area contributed by atoms with Crippen LogP contribution in [-0.2, 0) is 6.54 Å². The van der Waals surface area contributed by atoms with Gasteiger partial charge in [-0.05, 0) is 18.2 Å². The average Bonchev–Trinajstić information content (AvgIpc) is 2.89. The maximum Gasteiger partial charge on any atom is 0.253 e. The lowest BCUT2D eigenvalue weighted by Crippen LogP contribution is -2.23. The van der Waals surface area contributed by atoms with E-state index in [-0.39, 0.29) is 12.5 Å². The van der Waals surface area contributed by atoms with E-state index in [0.29, 0.717) is 16.3 Å². The average molecular weight is 266 g/mol. The summed E-state index contributed by atoms with van der Waals surface area (Å²) in [7, 11) is 1.75. The third-order valence-electron chi connectivity index (χ3n) is 2.41. The number of nitrogens with one attached hydrogen (secondary N) is 2. The van der Waals surface area contributed by atoms with E-state index in [9.17, 15) is 4.79 Å². The van der Waals surface area contributed by atoms with E-state index in [0.717, 1.165) is 5.69 Å². The quantitative estimate of drug-likeness (QED) is 0.890. The van der Waals surface area contributed by atoms with Crippen LogP contribution in [0.3, 0.4) is 0 Å². The van der Waals surface area contributed by atoms with Crippen LogP contribution in [0.1, 0.15) is 16.1 Å². The number of hydrogen-bond acceptors (Lipinski definition) is 4. The number of benzene rings is 1. The molecule has 1 aromatic carbocycles. The Morgan fingerprint density at radius 1 is 1.44 bits per heavy atom. The zero-order valence-corrected chi connectivity index (χ0v) is 10.5. The van der Waals surface area contributed by atoms with Crippen LogP contribution in [-0.4, -0.2) is 18.1 Å². The minimum absolute atomic E-state index is 0.224. The first-order valence-electron chi connectivity index (χ1n) is 5.36. The Morgan fingerprint density at radius 3 is 2.94 bits per heavy atom. The van der Waals surface area contributed by atoms with Crippen molar-refractivity contribution in [2.24, 2.45) is 0 Å². The maximum atomic E-state index is 12.0. The van der Waals surface area contributed by atoms with Gasteiger partial charge < -0.3 is 15.2 Å². The van der Waals surface area contributed by atoms with Crippen molar-refractivity contribution in [2.45, 2.75) is 6.54 Å².